The summed E-state index contributed by atoms with van der Waals surface area (Å²) < 4.78 is 26.8. The molecule has 0 aliphatic carbocycles. The van der Waals surface area contributed by atoms with Crippen molar-refractivity contribution >= 4 is 7.82 Å². The second-order valence-electron chi connectivity index (χ2n) is 5.60. The van der Waals surface area contributed by atoms with E-state index in [0.717, 1.165) is 0 Å². The van der Waals surface area contributed by atoms with Crippen molar-refractivity contribution in [1.29, 1.82) is 0 Å². The molecule has 0 spiro atoms. The van der Waals surface area contributed by atoms with Gasteiger partial charge in [0.1, 0.15) is 25.4 Å². The molecule has 0 bridgehead atoms. The molecule has 0 saturated heterocycles. The van der Waals surface area contributed by atoms with Crippen LogP contribution in [0.5, 0.6) is 0 Å². The quantitative estimate of drug-likeness (QED) is 0.253. The minimum absolute atomic E-state index is 0.0273. The number of likely N-dealkylation sites (N-methyl/N-ethyl adjacent to an activating group) is 1. The van der Waals surface area contributed by atoms with Crippen molar-refractivity contribution in [3.63, 3.8) is 0 Å². The number of hydrogen-bond acceptors (Lipinski definition) is 7. The number of quaternary nitrogens is 1. The van der Waals surface area contributed by atoms with Crippen LogP contribution in [0.3, 0.4) is 0 Å². The van der Waals surface area contributed by atoms with Gasteiger partial charge in [0.05, 0.1) is 47.6 Å². The number of phosphoric ester groups is 1. The van der Waals surface area contributed by atoms with Gasteiger partial charge in [0.2, 0.25) is 0 Å². The van der Waals surface area contributed by atoms with Gasteiger partial charge in [-0.3, -0.25) is 9.05 Å². The fourth-order valence-electron chi connectivity index (χ4n) is 1.15. The normalized spacial score (nSPS) is 18.2. The predicted molar refractivity (Wildman–Crippen MR) is 74.5 cm³/mol. The Hall–Kier alpha value is -0.0900. The zero-order valence-electron chi connectivity index (χ0n) is 12.7. The Morgan fingerprint density at radius 3 is 2.24 bits per heavy atom. The van der Waals surface area contributed by atoms with Gasteiger partial charge in [-0.05, 0) is 0 Å². The third-order valence-electron chi connectivity index (χ3n) is 2.33. The average molecular weight is 332 g/mol. The van der Waals surface area contributed by atoms with E-state index >= 15 is 0 Å². The minimum Gasteiger partial charge on any atom is -0.394 e. The molecule has 10 heteroatoms. The summed E-state index contributed by atoms with van der Waals surface area (Å²) in [5, 5.41) is 26.7. The van der Waals surface area contributed by atoms with Gasteiger partial charge in [0.25, 0.3) is 0 Å². The summed E-state index contributed by atoms with van der Waals surface area (Å²) in [7, 11) is 1.43. The van der Waals surface area contributed by atoms with Crippen LogP contribution in [0.2, 0.25) is 0 Å². The topological polar surface area (TPSA) is 126 Å². The van der Waals surface area contributed by atoms with Gasteiger partial charge >= 0.3 is 7.82 Å². The molecular weight excluding hydrogens is 305 g/mol. The van der Waals surface area contributed by atoms with Crippen LogP contribution < -0.4 is 0 Å². The maximum Gasteiger partial charge on any atom is 0.472 e. The van der Waals surface area contributed by atoms with Crippen LogP contribution in [0.4, 0.5) is 0 Å². The van der Waals surface area contributed by atoms with Crippen LogP contribution in [-0.2, 0) is 18.3 Å². The molecule has 3 unspecified atom stereocenters. The van der Waals surface area contributed by atoms with Gasteiger partial charge < -0.3 is 29.4 Å². The molecule has 0 aliphatic heterocycles. The second-order valence-corrected chi connectivity index (χ2v) is 7.01. The molecule has 9 nitrogen and oxygen atoms in total. The highest BCUT2D eigenvalue weighted by molar-refractivity contribution is 7.47. The highest BCUT2D eigenvalue weighted by Gasteiger charge is 2.27. The van der Waals surface area contributed by atoms with Crippen molar-refractivity contribution in [2.75, 3.05) is 60.7 Å². The van der Waals surface area contributed by atoms with Crippen LogP contribution >= 0.6 is 7.82 Å². The van der Waals surface area contributed by atoms with Crippen molar-refractivity contribution in [2.45, 2.75) is 12.2 Å². The molecule has 4 N–H and O–H groups in total. The molecule has 0 aromatic rings. The Kier molecular flexibility index (Phi) is 9.79. The molecule has 0 rings (SSSR count). The van der Waals surface area contributed by atoms with E-state index in [1.165, 1.54) is 0 Å². The Morgan fingerprint density at radius 1 is 1.14 bits per heavy atom. The van der Waals surface area contributed by atoms with Crippen LogP contribution in [0.15, 0.2) is 0 Å². The van der Waals surface area contributed by atoms with E-state index in [4.69, 9.17) is 29.1 Å². The maximum atomic E-state index is 11.7. The monoisotopic (exact) mass is 332 g/mol. The van der Waals surface area contributed by atoms with Crippen molar-refractivity contribution < 1.29 is 43.0 Å². The van der Waals surface area contributed by atoms with Gasteiger partial charge in [-0.2, -0.15) is 0 Å². The number of aliphatic hydroxyl groups excluding tert-OH is 3. The first-order valence-corrected chi connectivity index (χ1v) is 8.03. The van der Waals surface area contributed by atoms with E-state index in [1.807, 2.05) is 21.1 Å². The molecule has 128 valence electrons. The molecule has 0 aromatic carbocycles. The van der Waals surface area contributed by atoms with Crippen LogP contribution in [0, 0.1) is 0 Å². The molecule has 0 fully saturated rings. The Balaban J connectivity index is 4.10. The Bertz CT molecular complexity index is 322. The number of rotatable bonds is 12. The summed E-state index contributed by atoms with van der Waals surface area (Å²) in [6.07, 6.45) is -2.11. The number of phosphoric acid groups is 1. The average Bonchev–Trinajstić information content (AvgIpc) is 2.35. The fraction of sp³-hybridized carbons (Fsp3) is 1.00. The second kappa shape index (κ2) is 9.83. The lowest BCUT2D eigenvalue weighted by Gasteiger charge is -2.24. The number of hydrogen-bond donors (Lipinski definition) is 4. The van der Waals surface area contributed by atoms with Gasteiger partial charge in [0.15, 0.2) is 0 Å². The molecule has 0 radical (unpaired) electrons. The van der Waals surface area contributed by atoms with E-state index < -0.39 is 33.2 Å². The molecule has 0 saturated carbocycles. The number of nitrogens with zero attached hydrogens (tertiary/aromatic N) is 1. The maximum absolute atomic E-state index is 11.7. The summed E-state index contributed by atoms with van der Waals surface area (Å²) in [5.74, 6) is 0. The molecule has 0 amide bonds. The van der Waals surface area contributed by atoms with Gasteiger partial charge in [-0.25, -0.2) is 4.57 Å². The predicted octanol–water partition coefficient (Wildman–Crippen LogP) is -1.44. The molecular formula is C11H27NO8P+. The smallest absolute Gasteiger partial charge is 0.394 e. The molecule has 3 atom stereocenters. The van der Waals surface area contributed by atoms with Crippen molar-refractivity contribution in [3.8, 4) is 0 Å². The van der Waals surface area contributed by atoms with Crippen LogP contribution in [-0.4, -0.2) is 97.6 Å². The number of aliphatic hydroxyl groups is 3. The third kappa shape index (κ3) is 12.2. The van der Waals surface area contributed by atoms with Gasteiger partial charge in [0, 0.05) is 0 Å². The molecule has 0 heterocycles. The van der Waals surface area contributed by atoms with Gasteiger partial charge in [-0.15, -0.1) is 0 Å². The largest absolute Gasteiger partial charge is 0.472 e. The van der Waals surface area contributed by atoms with Crippen molar-refractivity contribution in [1.82, 2.24) is 0 Å². The summed E-state index contributed by atoms with van der Waals surface area (Å²) in [6.45, 7) is -0.850. The summed E-state index contributed by atoms with van der Waals surface area (Å²) >= 11 is 0. The zero-order valence-corrected chi connectivity index (χ0v) is 13.6. The van der Waals surface area contributed by atoms with Crippen molar-refractivity contribution in [2.24, 2.45) is 0 Å². The van der Waals surface area contributed by atoms with E-state index in [0.29, 0.717) is 11.0 Å². The lowest BCUT2D eigenvalue weighted by Crippen LogP contribution is -2.37. The van der Waals surface area contributed by atoms with Crippen LogP contribution in [0.1, 0.15) is 0 Å². The molecule has 0 aromatic heterocycles. The number of ether oxygens (including phenoxy) is 1. The summed E-state index contributed by atoms with van der Waals surface area (Å²) in [5.41, 5.74) is 0. The summed E-state index contributed by atoms with van der Waals surface area (Å²) in [6, 6.07) is 0. The first kappa shape index (κ1) is 20.9. The lowest BCUT2D eigenvalue weighted by atomic mass is 10.4. The highest BCUT2D eigenvalue weighted by Crippen LogP contribution is 2.44. The Morgan fingerprint density at radius 2 is 1.76 bits per heavy atom. The third-order valence-corrected chi connectivity index (χ3v) is 3.40. The van der Waals surface area contributed by atoms with E-state index in [-0.39, 0.29) is 19.8 Å². The van der Waals surface area contributed by atoms with E-state index in [1.54, 1.807) is 0 Å². The standard InChI is InChI=1S/C11H26NO8P/c1-12(2,3)4-5-19-21(16,17)20-11(7-14)9-18-8-10(15)6-13/h10-11,13-15H,4-9H2,1-3H3/p+1. The Labute approximate surface area is 124 Å². The lowest BCUT2D eigenvalue weighted by molar-refractivity contribution is -0.870. The molecule has 0 aliphatic rings. The molecule has 21 heavy (non-hydrogen) atoms. The first-order chi connectivity index (χ1) is 9.59. The van der Waals surface area contributed by atoms with Gasteiger partial charge in [-0.1, -0.05) is 0 Å². The van der Waals surface area contributed by atoms with E-state index in [2.05, 4.69) is 0 Å². The summed E-state index contributed by atoms with van der Waals surface area (Å²) in [4.78, 5) is 9.52. The highest BCUT2D eigenvalue weighted by atomic mass is 31.2. The fourth-order valence-corrected chi connectivity index (χ4v) is 2.03. The first-order valence-electron chi connectivity index (χ1n) is 6.53. The zero-order chi connectivity index (χ0) is 16.5. The minimum atomic E-state index is -4.28. The van der Waals surface area contributed by atoms with E-state index in [9.17, 15) is 9.46 Å². The van der Waals surface area contributed by atoms with Crippen molar-refractivity contribution in [3.05, 3.63) is 0 Å². The van der Waals surface area contributed by atoms with Crippen LogP contribution in [0.25, 0.3) is 0 Å². The SMILES string of the molecule is C[N+](C)(C)CCOP(=O)(O)OC(CO)COCC(O)CO.